The molecule has 0 aliphatic carbocycles. The third-order valence-corrected chi connectivity index (χ3v) is 4.32. The zero-order valence-corrected chi connectivity index (χ0v) is 13.7. The van der Waals surface area contributed by atoms with Crippen LogP contribution in [0.1, 0.15) is 34.6 Å². The third kappa shape index (κ3) is 3.96. The van der Waals surface area contributed by atoms with Crippen molar-refractivity contribution in [3.8, 4) is 0 Å². The molecule has 6 nitrogen and oxygen atoms in total. The Morgan fingerprint density at radius 2 is 2.35 bits per heavy atom. The van der Waals surface area contributed by atoms with Gasteiger partial charge in [-0.15, -0.1) is 0 Å². The smallest absolute Gasteiger partial charge is 0.272 e. The SMILES string of the molecule is Cc1cc(C(=O)NC2CCCN(Cc3cccnc3)C2)nn1C. The van der Waals surface area contributed by atoms with Crippen LogP contribution in [0.5, 0.6) is 0 Å². The van der Waals surface area contributed by atoms with Gasteiger partial charge in [0.2, 0.25) is 0 Å². The first-order valence-corrected chi connectivity index (χ1v) is 8.04. The van der Waals surface area contributed by atoms with Crippen LogP contribution < -0.4 is 5.32 Å². The van der Waals surface area contributed by atoms with Crippen molar-refractivity contribution in [1.82, 2.24) is 25.0 Å². The maximum absolute atomic E-state index is 12.3. The van der Waals surface area contributed by atoms with E-state index in [2.05, 4.69) is 26.4 Å². The molecule has 2 aromatic heterocycles. The van der Waals surface area contributed by atoms with Crippen molar-refractivity contribution in [3.63, 3.8) is 0 Å². The highest BCUT2D eigenvalue weighted by Gasteiger charge is 2.23. The number of rotatable bonds is 4. The standard InChI is InChI=1S/C17H23N5O/c1-13-9-16(20-21(13)2)17(23)19-15-6-4-8-22(12-15)11-14-5-3-7-18-10-14/h3,5,7,9-10,15H,4,6,8,11-12H2,1-2H3,(H,19,23). The number of piperidine rings is 1. The normalized spacial score (nSPS) is 18.8. The van der Waals surface area contributed by atoms with E-state index >= 15 is 0 Å². The predicted octanol–water partition coefficient (Wildman–Crippen LogP) is 1.52. The van der Waals surface area contributed by atoms with Crippen molar-refractivity contribution in [2.45, 2.75) is 32.4 Å². The number of amides is 1. The number of pyridine rings is 1. The molecule has 0 aromatic carbocycles. The molecule has 1 amide bonds. The minimum Gasteiger partial charge on any atom is -0.347 e. The molecule has 0 saturated carbocycles. The van der Waals surface area contributed by atoms with Gasteiger partial charge in [0.05, 0.1) is 0 Å². The number of hydrogen-bond donors (Lipinski definition) is 1. The fourth-order valence-corrected chi connectivity index (χ4v) is 3.00. The average Bonchev–Trinajstić information content (AvgIpc) is 2.88. The summed E-state index contributed by atoms with van der Waals surface area (Å²) in [7, 11) is 1.85. The van der Waals surface area contributed by atoms with E-state index in [-0.39, 0.29) is 11.9 Å². The quantitative estimate of drug-likeness (QED) is 0.929. The number of aromatic nitrogens is 3. The van der Waals surface area contributed by atoms with Crippen molar-refractivity contribution in [3.05, 3.63) is 47.5 Å². The average molecular weight is 313 g/mol. The Balaban J connectivity index is 1.57. The largest absolute Gasteiger partial charge is 0.347 e. The summed E-state index contributed by atoms with van der Waals surface area (Å²) in [5.74, 6) is -0.0815. The summed E-state index contributed by atoms with van der Waals surface area (Å²) in [5.41, 5.74) is 2.69. The molecule has 1 aliphatic rings. The zero-order valence-electron chi connectivity index (χ0n) is 13.7. The highest BCUT2D eigenvalue weighted by Crippen LogP contribution is 2.14. The Hall–Kier alpha value is -2.21. The molecule has 1 N–H and O–H groups in total. The van der Waals surface area contributed by atoms with Gasteiger partial charge in [0.1, 0.15) is 5.69 Å². The first-order chi connectivity index (χ1) is 11.1. The molecule has 0 spiro atoms. The highest BCUT2D eigenvalue weighted by molar-refractivity contribution is 5.92. The first kappa shape index (κ1) is 15.7. The Bertz CT molecular complexity index is 647. The third-order valence-electron chi connectivity index (χ3n) is 4.32. The van der Waals surface area contributed by atoms with Gasteiger partial charge in [0, 0.05) is 44.3 Å². The van der Waals surface area contributed by atoms with Crippen molar-refractivity contribution in [2.24, 2.45) is 7.05 Å². The maximum Gasteiger partial charge on any atom is 0.272 e. The molecule has 0 bridgehead atoms. The van der Waals surface area contributed by atoms with Gasteiger partial charge in [-0.25, -0.2) is 0 Å². The van der Waals surface area contributed by atoms with E-state index in [1.165, 1.54) is 5.56 Å². The maximum atomic E-state index is 12.3. The van der Waals surface area contributed by atoms with Crippen molar-refractivity contribution in [1.29, 1.82) is 0 Å². The summed E-state index contributed by atoms with van der Waals surface area (Å²) < 4.78 is 1.73. The summed E-state index contributed by atoms with van der Waals surface area (Å²) in [6, 6.07) is 6.05. The fourth-order valence-electron chi connectivity index (χ4n) is 3.00. The molecule has 1 atom stereocenters. The van der Waals surface area contributed by atoms with Crippen molar-refractivity contribution < 1.29 is 4.79 Å². The van der Waals surface area contributed by atoms with Gasteiger partial charge < -0.3 is 5.32 Å². The molecule has 3 rings (SSSR count). The zero-order chi connectivity index (χ0) is 16.2. The number of carbonyl (C=O) groups excluding carboxylic acids is 1. The summed E-state index contributed by atoms with van der Waals surface area (Å²) in [4.78, 5) is 18.9. The molecule has 3 heterocycles. The summed E-state index contributed by atoms with van der Waals surface area (Å²) in [6.45, 7) is 4.75. The molecule has 23 heavy (non-hydrogen) atoms. The number of likely N-dealkylation sites (tertiary alicyclic amines) is 1. The van der Waals surface area contributed by atoms with Crippen LogP contribution in [0.2, 0.25) is 0 Å². The van der Waals surface area contributed by atoms with Crippen molar-refractivity contribution >= 4 is 5.91 Å². The molecule has 2 aromatic rings. The second-order valence-corrected chi connectivity index (χ2v) is 6.20. The molecule has 1 unspecified atom stereocenters. The van der Waals surface area contributed by atoms with Gasteiger partial charge in [0.15, 0.2) is 0 Å². The minimum atomic E-state index is -0.0815. The van der Waals surface area contributed by atoms with Gasteiger partial charge in [-0.05, 0) is 44.0 Å². The van der Waals surface area contributed by atoms with E-state index in [0.29, 0.717) is 5.69 Å². The summed E-state index contributed by atoms with van der Waals surface area (Å²) >= 11 is 0. The second-order valence-electron chi connectivity index (χ2n) is 6.20. The molecule has 6 heteroatoms. The van der Waals surface area contributed by atoms with Crippen LogP contribution in [0, 0.1) is 6.92 Å². The van der Waals surface area contributed by atoms with Crippen molar-refractivity contribution in [2.75, 3.05) is 13.1 Å². The Kier molecular flexibility index (Phi) is 4.71. The van der Waals surface area contributed by atoms with Gasteiger partial charge >= 0.3 is 0 Å². The first-order valence-electron chi connectivity index (χ1n) is 8.04. The Morgan fingerprint density at radius 1 is 1.48 bits per heavy atom. The monoisotopic (exact) mass is 313 g/mol. The van der Waals surface area contributed by atoms with Crippen LogP contribution in [-0.4, -0.2) is 44.7 Å². The lowest BCUT2D eigenvalue weighted by atomic mass is 10.0. The summed E-state index contributed by atoms with van der Waals surface area (Å²) in [5, 5.41) is 7.36. The van der Waals surface area contributed by atoms with Gasteiger partial charge in [-0.3, -0.25) is 19.4 Å². The number of hydrogen-bond acceptors (Lipinski definition) is 4. The Labute approximate surface area is 136 Å². The lowest BCUT2D eigenvalue weighted by molar-refractivity contribution is 0.0895. The van der Waals surface area contributed by atoms with Crippen LogP contribution in [0.25, 0.3) is 0 Å². The molecule has 122 valence electrons. The lowest BCUT2D eigenvalue weighted by Gasteiger charge is -2.32. The van der Waals surface area contributed by atoms with E-state index in [9.17, 15) is 4.79 Å². The fraction of sp³-hybridized carbons (Fsp3) is 0.471. The number of nitrogens with zero attached hydrogens (tertiary/aromatic N) is 4. The molecule has 1 aliphatic heterocycles. The van der Waals surface area contributed by atoms with E-state index < -0.39 is 0 Å². The molecule has 1 saturated heterocycles. The van der Waals surface area contributed by atoms with Crippen LogP contribution >= 0.6 is 0 Å². The van der Waals surface area contributed by atoms with Gasteiger partial charge in [0.25, 0.3) is 5.91 Å². The van der Waals surface area contributed by atoms with E-state index in [1.807, 2.05) is 32.3 Å². The Morgan fingerprint density at radius 3 is 3.04 bits per heavy atom. The number of nitrogens with one attached hydrogen (secondary N) is 1. The highest BCUT2D eigenvalue weighted by atomic mass is 16.2. The molecular formula is C17H23N5O. The predicted molar refractivity (Wildman–Crippen MR) is 87.9 cm³/mol. The topological polar surface area (TPSA) is 63.1 Å². The van der Waals surface area contributed by atoms with E-state index in [4.69, 9.17) is 0 Å². The van der Waals surface area contributed by atoms with Crippen LogP contribution in [-0.2, 0) is 13.6 Å². The van der Waals surface area contributed by atoms with E-state index in [1.54, 1.807) is 10.9 Å². The number of aryl methyl sites for hydroxylation is 2. The second kappa shape index (κ2) is 6.91. The molecule has 1 fully saturated rings. The van der Waals surface area contributed by atoms with Crippen LogP contribution in [0.3, 0.4) is 0 Å². The van der Waals surface area contributed by atoms with E-state index in [0.717, 1.165) is 38.2 Å². The van der Waals surface area contributed by atoms with Crippen LogP contribution in [0.4, 0.5) is 0 Å². The minimum absolute atomic E-state index is 0.0815. The molecule has 0 radical (unpaired) electrons. The summed E-state index contributed by atoms with van der Waals surface area (Å²) in [6.07, 6.45) is 5.80. The molecular weight excluding hydrogens is 290 g/mol. The van der Waals surface area contributed by atoms with Crippen LogP contribution in [0.15, 0.2) is 30.6 Å². The number of carbonyl (C=O) groups is 1. The van der Waals surface area contributed by atoms with Gasteiger partial charge in [-0.1, -0.05) is 6.07 Å². The lowest BCUT2D eigenvalue weighted by Crippen LogP contribution is -2.47. The van der Waals surface area contributed by atoms with Gasteiger partial charge in [-0.2, -0.15) is 5.10 Å².